The number of rotatable bonds is 5. The summed E-state index contributed by atoms with van der Waals surface area (Å²) in [5, 5.41) is 4.48. The second kappa shape index (κ2) is 7.92. The number of aromatic nitrogens is 6. The molecule has 2 N–H and O–H groups in total. The number of aryl methyl sites for hydroxylation is 1. The van der Waals surface area contributed by atoms with Gasteiger partial charge in [-0.15, -0.1) is 0 Å². The fourth-order valence-corrected chi connectivity index (χ4v) is 4.73. The van der Waals surface area contributed by atoms with E-state index in [4.69, 9.17) is 9.72 Å². The van der Waals surface area contributed by atoms with Crippen LogP contribution in [0.5, 0.6) is 0 Å². The Balaban J connectivity index is 1.43. The highest BCUT2D eigenvalue weighted by Crippen LogP contribution is 2.31. The molecule has 4 aromatic heterocycles. The molecular formula is C23H29N7O. The Hall–Kier alpha value is -3.00. The number of imidazole rings is 1. The molecule has 162 valence electrons. The lowest BCUT2D eigenvalue weighted by Crippen LogP contribution is -2.29. The van der Waals surface area contributed by atoms with Crippen molar-refractivity contribution in [3.63, 3.8) is 0 Å². The lowest BCUT2D eigenvalue weighted by molar-refractivity contribution is 0.0681. The van der Waals surface area contributed by atoms with Crippen LogP contribution < -0.4 is 5.32 Å². The van der Waals surface area contributed by atoms with Crippen LogP contribution in [0, 0.1) is 6.92 Å². The number of aromatic amines is 1. The average molecular weight is 420 g/mol. The molecule has 0 saturated heterocycles. The Morgan fingerprint density at radius 2 is 1.94 bits per heavy atom. The van der Waals surface area contributed by atoms with Gasteiger partial charge in [0.05, 0.1) is 11.6 Å². The van der Waals surface area contributed by atoms with E-state index in [2.05, 4.69) is 49.7 Å². The van der Waals surface area contributed by atoms with Gasteiger partial charge in [-0.1, -0.05) is 0 Å². The number of ether oxygens (including phenoxy) is 1. The number of pyridine rings is 1. The van der Waals surface area contributed by atoms with Gasteiger partial charge in [0.1, 0.15) is 11.5 Å². The number of methoxy groups -OCH3 is 1. The fourth-order valence-electron chi connectivity index (χ4n) is 4.73. The molecule has 5 rings (SSSR count). The van der Waals surface area contributed by atoms with E-state index in [1.807, 2.05) is 25.5 Å². The van der Waals surface area contributed by atoms with Crippen LogP contribution in [-0.2, 0) is 4.74 Å². The predicted octanol–water partition coefficient (Wildman–Crippen LogP) is 4.63. The number of hydrogen-bond donors (Lipinski definition) is 2. The van der Waals surface area contributed by atoms with Crippen LogP contribution in [0.15, 0.2) is 24.7 Å². The average Bonchev–Trinajstić information content (AvgIpc) is 3.33. The quantitative estimate of drug-likeness (QED) is 0.490. The van der Waals surface area contributed by atoms with E-state index in [-0.39, 0.29) is 0 Å². The third-order valence-corrected chi connectivity index (χ3v) is 6.32. The molecule has 1 fully saturated rings. The van der Waals surface area contributed by atoms with Crippen molar-refractivity contribution < 1.29 is 4.74 Å². The van der Waals surface area contributed by atoms with Gasteiger partial charge in [0, 0.05) is 54.3 Å². The number of nitrogens with one attached hydrogen (secondary N) is 2. The zero-order valence-corrected chi connectivity index (χ0v) is 18.5. The van der Waals surface area contributed by atoms with E-state index >= 15 is 0 Å². The van der Waals surface area contributed by atoms with Crippen molar-refractivity contribution in [2.75, 3.05) is 12.4 Å². The number of hydrogen-bond acceptors (Lipinski definition) is 6. The summed E-state index contributed by atoms with van der Waals surface area (Å²) >= 11 is 0. The summed E-state index contributed by atoms with van der Waals surface area (Å²) in [4.78, 5) is 21.8. The Morgan fingerprint density at radius 1 is 1.13 bits per heavy atom. The maximum absolute atomic E-state index is 5.47. The van der Waals surface area contributed by atoms with Gasteiger partial charge in [0.25, 0.3) is 0 Å². The van der Waals surface area contributed by atoms with Gasteiger partial charge in [0.15, 0.2) is 5.65 Å². The van der Waals surface area contributed by atoms with Crippen LogP contribution >= 0.6 is 0 Å². The molecule has 8 nitrogen and oxygen atoms in total. The van der Waals surface area contributed by atoms with Gasteiger partial charge >= 0.3 is 0 Å². The molecule has 0 unspecified atom stereocenters. The van der Waals surface area contributed by atoms with Gasteiger partial charge < -0.3 is 19.6 Å². The molecule has 1 aliphatic carbocycles. The molecule has 1 aliphatic rings. The molecule has 0 radical (unpaired) electrons. The topological polar surface area (TPSA) is 93.5 Å². The molecule has 0 bridgehead atoms. The van der Waals surface area contributed by atoms with Crippen molar-refractivity contribution in [1.82, 2.24) is 29.5 Å². The minimum atomic E-state index is 0.320. The van der Waals surface area contributed by atoms with Gasteiger partial charge in [0.2, 0.25) is 5.95 Å². The summed E-state index contributed by atoms with van der Waals surface area (Å²) in [5.74, 6) is 1.65. The van der Waals surface area contributed by atoms with Crippen molar-refractivity contribution >= 4 is 28.1 Å². The molecule has 0 atom stereocenters. The highest BCUT2D eigenvalue weighted by atomic mass is 16.5. The van der Waals surface area contributed by atoms with Gasteiger partial charge in [-0.3, -0.25) is 0 Å². The van der Waals surface area contributed by atoms with E-state index < -0.39 is 0 Å². The first-order valence-corrected chi connectivity index (χ1v) is 11.0. The van der Waals surface area contributed by atoms with Gasteiger partial charge in [-0.25, -0.2) is 15.0 Å². The first-order valence-electron chi connectivity index (χ1n) is 11.0. The monoisotopic (exact) mass is 419 g/mol. The van der Waals surface area contributed by atoms with Crippen LogP contribution in [0.3, 0.4) is 0 Å². The zero-order chi connectivity index (χ0) is 21.5. The van der Waals surface area contributed by atoms with E-state index in [1.54, 1.807) is 7.11 Å². The summed E-state index contributed by atoms with van der Waals surface area (Å²) in [6.07, 6.45) is 10.4. The summed E-state index contributed by atoms with van der Waals surface area (Å²) < 4.78 is 7.69. The lowest BCUT2D eigenvalue weighted by atomic mass is 9.93. The maximum atomic E-state index is 5.47. The fraction of sp³-hybridized carbons (Fsp3) is 0.478. The zero-order valence-electron chi connectivity index (χ0n) is 18.5. The molecule has 0 aromatic carbocycles. The highest BCUT2D eigenvalue weighted by molar-refractivity contribution is 5.95. The van der Waals surface area contributed by atoms with E-state index in [1.165, 1.54) is 0 Å². The van der Waals surface area contributed by atoms with E-state index in [0.717, 1.165) is 64.8 Å². The van der Waals surface area contributed by atoms with Crippen molar-refractivity contribution in [3.05, 3.63) is 30.5 Å². The van der Waals surface area contributed by atoms with Crippen molar-refractivity contribution in [2.24, 2.45) is 0 Å². The SMILES string of the molecule is CO[C@H]1CC[C@@H](Nc2ncc3c(-c4cnc5nc(C)n(C(C)C)c5c4)c[nH]c3n2)CC1. The van der Waals surface area contributed by atoms with Crippen LogP contribution in [-0.4, -0.2) is 48.7 Å². The van der Waals surface area contributed by atoms with Crippen LogP contribution in [0.4, 0.5) is 5.95 Å². The molecule has 4 aromatic rings. The first-order chi connectivity index (χ1) is 15.0. The van der Waals surface area contributed by atoms with Gasteiger partial charge in [-0.05, 0) is 52.5 Å². The maximum Gasteiger partial charge on any atom is 0.224 e. The molecule has 8 heteroatoms. The molecular weight excluding hydrogens is 390 g/mol. The lowest BCUT2D eigenvalue weighted by Gasteiger charge is -2.28. The predicted molar refractivity (Wildman–Crippen MR) is 122 cm³/mol. The molecule has 4 heterocycles. The summed E-state index contributed by atoms with van der Waals surface area (Å²) in [7, 11) is 1.79. The standard InChI is InChI=1S/C23H29N7O/c1-13(2)30-14(3)27-22-20(30)9-15(10-24-22)18-11-25-21-19(18)12-26-23(29-21)28-16-5-7-17(31-4)8-6-16/h9-13,16-17H,5-8H2,1-4H3,(H2,25,26,28,29)/t16-,17+. The highest BCUT2D eigenvalue weighted by Gasteiger charge is 2.21. The number of fused-ring (bicyclic) bond motifs is 2. The summed E-state index contributed by atoms with van der Waals surface area (Å²) in [5.41, 5.74) is 4.73. The second-order valence-electron chi connectivity index (χ2n) is 8.70. The van der Waals surface area contributed by atoms with Crippen LogP contribution in [0.1, 0.15) is 51.4 Å². The van der Waals surface area contributed by atoms with Crippen LogP contribution in [0.25, 0.3) is 33.3 Å². The van der Waals surface area contributed by atoms with E-state index in [9.17, 15) is 0 Å². The number of H-pyrrole nitrogens is 1. The summed E-state index contributed by atoms with van der Waals surface area (Å²) in [6.45, 7) is 6.35. The molecule has 31 heavy (non-hydrogen) atoms. The Bertz CT molecular complexity index is 1220. The minimum absolute atomic E-state index is 0.320. The normalized spacial score (nSPS) is 19.5. The van der Waals surface area contributed by atoms with Gasteiger partial charge in [-0.2, -0.15) is 4.98 Å². The molecule has 1 saturated carbocycles. The van der Waals surface area contributed by atoms with Crippen LogP contribution in [0.2, 0.25) is 0 Å². The third kappa shape index (κ3) is 3.65. The number of nitrogens with zero attached hydrogens (tertiary/aromatic N) is 5. The summed E-state index contributed by atoms with van der Waals surface area (Å²) in [6, 6.07) is 2.87. The van der Waals surface area contributed by atoms with Crippen molar-refractivity contribution in [3.8, 4) is 11.1 Å². The Labute approximate surface area is 181 Å². The minimum Gasteiger partial charge on any atom is -0.381 e. The Morgan fingerprint density at radius 3 is 2.68 bits per heavy atom. The number of anilines is 1. The molecule has 0 amide bonds. The van der Waals surface area contributed by atoms with E-state index in [0.29, 0.717) is 24.1 Å². The van der Waals surface area contributed by atoms with Crippen molar-refractivity contribution in [2.45, 2.75) is 64.6 Å². The smallest absolute Gasteiger partial charge is 0.224 e. The van der Waals surface area contributed by atoms with Crippen molar-refractivity contribution in [1.29, 1.82) is 0 Å². The third-order valence-electron chi connectivity index (χ3n) is 6.32. The molecule has 0 spiro atoms. The molecule has 0 aliphatic heterocycles. The second-order valence-corrected chi connectivity index (χ2v) is 8.70. The Kier molecular flexibility index (Phi) is 5.09. The largest absolute Gasteiger partial charge is 0.381 e. The first kappa shape index (κ1) is 19.9.